The molecule has 0 aromatic rings. The van der Waals surface area contributed by atoms with E-state index in [1.807, 2.05) is 14.1 Å². The first-order chi connectivity index (χ1) is 4.41. The monoisotopic (exact) mass is 166 g/mol. The fraction of sp³-hybridized carbons (Fsp3) is 1.00. The number of rotatable bonds is 6. The Bertz CT molecular complexity index is 44.9. The second kappa shape index (κ2) is 11.9. The van der Waals surface area contributed by atoms with Crippen molar-refractivity contribution < 1.29 is 0 Å². The molecule has 10 heavy (non-hydrogen) atoms. The third-order valence-electron chi connectivity index (χ3n) is 1.35. The molecule has 0 heterocycles. The maximum absolute atomic E-state index is 3.12. The van der Waals surface area contributed by atoms with Gasteiger partial charge in [0, 0.05) is 0 Å². The Morgan fingerprint density at radius 3 is 1.50 bits per heavy atom. The van der Waals surface area contributed by atoms with Crippen LogP contribution in [0.15, 0.2) is 0 Å². The van der Waals surface area contributed by atoms with Crippen molar-refractivity contribution in [3.63, 3.8) is 0 Å². The fourth-order valence-electron chi connectivity index (χ4n) is 0.780. The normalized spacial score (nSPS) is 9.00. The van der Waals surface area contributed by atoms with E-state index in [0.717, 1.165) is 13.1 Å². The smallest absolute Gasteiger partial charge is 0.00519 e. The third-order valence-corrected chi connectivity index (χ3v) is 1.35. The van der Waals surface area contributed by atoms with E-state index >= 15 is 0 Å². The van der Waals surface area contributed by atoms with Crippen molar-refractivity contribution in [3.8, 4) is 0 Å². The number of unbranched alkanes of at least 4 members (excludes halogenated alkanes) is 2. The Hall–Kier alpha value is 0.210. The van der Waals surface area contributed by atoms with Gasteiger partial charge in [-0.2, -0.15) is 0 Å². The zero-order valence-corrected chi connectivity index (χ0v) is 7.76. The van der Waals surface area contributed by atoms with Gasteiger partial charge in [-0.05, 0) is 40.0 Å². The van der Waals surface area contributed by atoms with Crippen LogP contribution in [0.25, 0.3) is 0 Å². The van der Waals surface area contributed by atoms with E-state index in [-0.39, 0.29) is 12.4 Å². The highest BCUT2D eigenvalue weighted by molar-refractivity contribution is 5.85. The number of hydrogen-bond donors (Lipinski definition) is 2. The Kier molecular flexibility index (Phi) is 15.3. The molecule has 0 spiro atoms. The molecular formula is C7H19ClN2. The average Bonchev–Trinajstić information content (AvgIpc) is 1.89. The van der Waals surface area contributed by atoms with Crippen molar-refractivity contribution in [1.82, 2.24) is 10.6 Å². The van der Waals surface area contributed by atoms with Gasteiger partial charge in [0.15, 0.2) is 0 Å². The number of hydrogen-bond acceptors (Lipinski definition) is 2. The highest BCUT2D eigenvalue weighted by Crippen LogP contribution is 1.90. The Morgan fingerprint density at radius 2 is 1.20 bits per heavy atom. The minimum Gasteiger partial charge on any atom is -0.320 e. The zero-order chi connectivity index (χ0) is 6.95. The van der Waals surface area contributed by atoms with Crippen molar-refractivity contribution in [2.24, 2.45) is 0 Å². The fourth-order valence-corrected chi connectivity index (χ4v) is 0.780. The van der Waals surface area contributed by atoms with E-state index in [1.165, 1.54) is 19.3 Å². The van der Waals surface area contributed by atoms with Crippen LogP contribution in [-0.2, 0) is 0 Å². The molecule has 0 aliphatic rings. The van der Waals surface area contributed by atoms with E-state index in [0.29, 0.717) is 0 Å². The molecule has 0 aromatic heterocycles. The van der Waals surface area contributed by atoms with Crippen LogP contribution in [0.4, 0.5) is 0 Å². The highest BCUT2D eigenvalue weighted by atomic mass is 35.5. The summed E-state index contributed by atoms with van der Waals surface area (Å²) >= 11 is 0. The molecule has 0 saturated heterocycles. The van der Waals surface area contributed by atoms with Gasteiger partial charge in [-0.3, -0.25) is 0 Å². The van der Waals surface area contributed by atoms with Gasteiger partial charge in [0.2, 0.25) is 0 Å². The van der Waals surface area contributed by atoms with E-state index in [2.05, 4.69) is 10.6 Å². The van der Waals surface area contributed by atoms with Crippen molar-refractivity contribution in [2.45, 2.75) is 19.3 Å². The van der Waals surface area contributed by atoms with E-state index in [1.54, 1.807) is 0 Å². The van der Waals surface area contributed by atoms with Crippen molar-refractivity contribution >= 4 is 12.4 Å². The summed E-state index contributed by atoms with van der Waals surface area (Å²) in [5.41, 5.74) is 0. The highest BCUT2D eigenvalue weighted by Gasteiger charge is 1.84. The first kappa shape index (κ1) is 12.8. The van der Waals surface area contributed by atoms with Crippen LogP contribution in [0.3, 0.4) is 0 Å². The van der Waals surface area contributed by atoms with Gasteiger partial charge in [-0.25, -0.2) is 0 Å². The van der Waals surface area contributed by atoms with Gasteiger partial charge in [-0.1, -0.05) is 6.42 Å². The van der Waals surface area contributed by atoms with Gasteiger partial charge >= 0.3 is 0 Å². The summed E-state index contributed by atoms with van der Waals surface area (Å²) in [6.45, 7) is 2.31. The molecule has 3 heteroatoms. The standard InChI is InChI=1S/C7H18N2.ClH/c1-8-6-4-3-5-7-9-2;/h8-9H,3-7H2,1-2H3;1H. The first-order valence-electron chi connectivity index (χ1n) is 3.71. The van der Waals surface area contributed by atoms with Crippen molar-refractivity contribution in [3.05, 3.63) is 0 Å². The maximum atomic E-state index is 3.12. The lowest BCUT2D eigenvalue weighted by Crippen LogP contribution is -2.10. The van der Waals surface area contributed by atoms with Crippen molar-refractivity contribution in [1.29, 1.82) is 0 Å². The van der Waals surface area contributed by atoms with Crippen LogP contribution in [0.1, 0.15) is 19.3 Å². The van der Waals surface area contributed by atoms with Crippen LogP contribution in [0.2, 0.25) is 0 Å². The molecule has 0 unspecified atom stereocenters. The molecule has 64 valence electrons. The summed E-state index contributed by atoms with van der Waals surface area (Å²) in [6.07, 6.45) is 3.94. The molecular weight excluding hydrogens is 148 g/mol. The lowest BCUT2D eigenvalue weighted by Gasteiger charge is -1.98. The minimum absolute atomic E-state index is 0. The second-order valence-electron chi connectivity index (χ2n) is 2.27. The molecule has 0 atom stereocenters. The molecule has 0 aliphatic heterocycles. The van der Waals surface area contributed by atoms with Crippen LogP contribution in [0.5, 0.6) is 0 Å². The van der Waals surface area contributed by atoms with Gasteiger partial charge in [-0.15, -0.1) is 12.4 Å². The lowest BCUT2D eigenvalue weighted by molar-refractivity contribution is 0.619. The molecule has 0 saturated carbocycles. The Labute approximate surface area is 70.2 Å². The topological polar surface area (TPSA) is 24.1 Å². The summed E-state index contributed by atoms with van der Waals surface area (Å²) in [5.74, 6) is 0. The molecule has 0 aromatic carbocycles. The number of halogens is 1. The Morgan fingerprint density at radius 1 is 0.800 bits per heavy atom. The molecule has 0 rings (SSSR count). The SMILES string of the molecule is CNCCCCCNC.Cl. The van der Waals surface area contributed by atoms with Gasteiger partial charge in [0.1, 0.15) is 0 Å². The maximum Gasteiger partial charge on any atom is -0.00519 e. The van der Waals surface area contributed by atoms with E-state index in [9.17, 15) is 0 Å². The van der Waals surface area contributed by atoms with E-state index < -0.39 is 0 Å². The third kappa shape index (κ3) is 11.1. The predicted octanol–water partition coefficient (Wildman–Crippen LogP) is 1.02. The van der Waals surface area contributed by atoms with Gasteiger partial charge in [0.25, 0.3) is 0 Å². The second-order valence-corrected chi connectivity index (χ2v) is 2.27. The summed E-state index contributed by atoms with van der Waals surface area (Å²) in [7, 11) is 4.00. The van der Waals surface area contributed by atoms with E-state index in [4.69, 9.17) is 0 Å². The Balaban J connectivity index is 0. The summed E-state index contributed by atoms with van der Waals surface area (Å²) in [5, 5.41) is 6.25. The lowest BCUT2D eigenvalue weighted by atomic mass is 10.2. The van der Waals surface area contributed by atoms with Crippen molar-refractivity contribution in [2.75, 3.05) is 27.2 Å². The average molecular weight is 167 g/mol. The zero-order valence-electron chi connectivity index (χ0n) is 6.94. The van der Waals surface area contributed by atoms with Crippen LogP contribution < -0.4 is 10.6 Å². The summed E-state index contributed by atoms with van der Waals surface area (Å²) in [4.78, 5) is 0. The first-order valence-corrected chi connectivity index (χ1v) is 3.71. The van der Waals surface area contributed by atoms with Crippen LogP contribution >= 0.6 is 12.4 Å². The molecule has 2 N–H and O–H groups in total. The molecule has 0 radical (unpaired) electrons. The largest absolute Gasteiger partial charge is 0.320 e. The minimum atomic E-state index is 0. The van der Waals surface area contributed by atoms with Gasteiger partial charge < -0.3 is 10.6 Å². The summed E-state index contributed by atoms with van der Waals surface area (Å²) < 4.78 is 0. The quantitative estimate of drug-likeness (QED) is 0.576. The van der Waals surface area contributed by atoms with Gasteiger partial charge in [0.05, 0.1) is 0 Å². The predicted molar refractivity (Wildman–Crippen MR) is 49.0 cm³/mol. The van der Waals surface area contributed by atoms with Crippen LogP contribution in [-0.4, -0.2) is 27.2 Å². The number of nitrogens with one attached hydrogen (secondary N) is 2. The molecule has 2 nitrogen and oxygen atoms in total. The molecule has 0 aliphatic carbocycles. The van der Waals surface area contributed by atoms with Crippen LogP contribution in [0, 0.1) is 0 Å². The molecule has 0 fully saturated rings. The molecule has 0 amide bonds. The molecule has 0 bridgehead atoms. The summed E-state index contributed by atoms with van der Waals surface area (Å²) in [6, 6.07) is 0.